The summed E-state index contributed by atoms with van der Waals surface area (Å²) in [5, 5.41) is 15.1. The zero-order valence-corrected chi connectivity index (χ0v) is 13.9. The van der Waals surface area contributed by atoms with Crippen molar-refractivity contribution in [1.82, 2.24) is 14.9 Å². The van der Waals surface area contributed by atoms with Gasteiger partial charge in [0.2, 0.25) is 11.6 Å². The fourth-order valence-corrected chi connectivity index (χ4v) is 2.77. The average Bonchev–Trinajstić information content (AvgIpc) is 2.55. The summed E-state index contributed by atoms with van der Waals surface area (Å²) in [5.41, 5.74) is 0.510. The predicted octanol–water partition coefficient (Wildman–Crippen LogP) is 2.53. The van der Waals surface area contributed by atoms with Crippen LogP contribution in [-0.4, -0.2) is 53.0 Å². The van der Waals surface area contributed by atoms with E-state index in [1.807, 2.05) is 11.9 Å². The summed E-state index contributed by atoms with van der Waals surface area (Å²) in [7, 11) is 2.03. The molecule has 8 nitrogen and oxygen atoms in total. The molecule has 2 heterocycles. The maximum Gasteiger partial charge on any atom is 0.353 e. The molecule has 0 spiro atoms. The zero-order valence-electron chi connectivity index (χ0n) is 13.1. The van der Waals surface area contributed by atoms with Crippen LogP contribution in [0.2, 0.25) is 5.02 Å². The molecule has 1 aliphatic heterocycles. The standard InChI is InChI=1S/C15H17ClN6O2/c1-20-5-7-21(8-6-20)15-13(22(23)24)14(17-10-18-15)19-12-4-2-3-11(16)9-12/h2-4,9-10H,5-8H2,1H3,(H,17,18,19). The first-order chi connectivity index (χ1) is 11.5. The molecule has 0 bridgehead atoms. The third kappa shape index (κ3) is 3.55. The number of aromatic nitrogens is 2. The van der Waals surface area contributed by atoms with Crippen molar-refractivity contribution < 1.29 is 4.92 Å². The van der Waals surface area contributed by atoms with Crippen LogP contribution in [-0.2, 0) is 0 Å². The van der Waals surface area contributed by atoms with E-state index in [1.54, 1.807) is 24.3 Å². The second kappa shape index (κ2) is 6.98. The predicted molar refractivity (Wildman–Crippen MR) is 93.1 cm³/mol. The van der Waals surface area contributed by atoms with Crippen LogP contribution >= 0.6 is 11.6 Å². The van der Waals surface area contributed by atoms with Gasteiger partial charge in [0.1, 0.15) is 6.33 Å². The van der Waals surface area contributed by atoms with Gasteiger partial charge in [-0.3, -0.25) is 10.1 Å². The maximum absolute atomic E-state index is 11.6. The Morgan fingerprint density at radius 3 is 2.67 bits per heavy atom. The highest BCUT2D eigenvalue weighted by atomic mass is 35.5. The highest BCUT2D eigenvalue weighted by Crippen LogP contribution is 2.34. The molecule has 1 aromatic carbocycles. The van der Waals surface area contributed by atoms with E-state index < -0.39 is 4.92 Å². The van der Waals surface area contributed by atoms with Crippen LogP contribution < -0.4 is 10.2 Å². The van der Waals surface area contributed by atoms with E-state index in [1.165, 1.54) is 6.33 Å². The van der Waals surface area contributed by atoms with Crippen molar-refractivity contribution in [3.05, 3.63) is 45.7 Å². The molecule has 0 atom stereocenters. The van der Waals surface area contributed by atoms with Crippen LogP contribution in [0.5, 0.6) is 0 Å². The lowest BCUT2D eigenvalue weighted by molar-refractivity contribution is -0.383. The molecule has 0 saturated carbocycles. The van der Waals surface area contributed by atoms with E-state index in [2.05, 4.69) is 20.2 Å². The number of anilines is 3. The Hall–Kier alpha value is -2.45. The molecular formula is C15H17ClN6O2. The van der Waals surface area contributed by atoms with Crippen molar-refractivity contribution in [2.45, 2.75) is 0 Å². The van der Waals surface area contributed by atoms with Crippen LogP contribution in [0.1, 0.15) is 0 Å². The minimum absolute atomic E-state index is 0.123. The summed E-state index contributed by atoms with van der Waals surface area (Å²) in [5.74, 6) is 0.499. The summed E-state index contributed by atoms with van der Waals surface area (Å²) < 4.78 is 0. The Morgan fingerprint density at radius 1 is 1.25 bits per heavy atom. The summed E-state index contributed by atoms with van der Waals surface area (Å²) in [6.07, 6.45) is 1.34. The molecule has 1 aromatic heterocycles. The topological polar surface area (TPSA) is 87.4 Å². The molecule has 1 saturated heterocycles. The van der Waals surface area contributed by atoms with Gasteiger partial charge in [0, 0.05) is 36.9 Å². The quantitative estimate of drug-likeness (QED) is 0.671. The zero-order chi connectivity index (χ0) is 17.1. The summed E-state index contributed by atoms with van der Waals surface area (Å²) >= 11 is 5.96. The van der Waals surface area contributed by atoms with Gasteiger partial charge in [-0.05, 0) is 25.2 Å². The van der Waals surface area contributed by atoms with Gasteiger partial charge in [-0.1, -0.05) is 17.7 Å². The fraction of sp³-hybridized carbons (Fsp3) is 0.333. The highest BCUT2D eigenvalue weighted by Gasteiger charge is 2.28. The third-order valence-corrected chi connectivity index (χ3v) is 4.11. The Kier molecular flexibility index (Phi) is 4.77. The molecule has 0 unspecified atom stereocenters. The van der Waals surface area contributed by atoms with Crippen LogP contribution in [0, 0.1) is 10.1 Å². The van der Waals surface area contributed by atoms with Gasteiger partial charge in [-0.2, -0.15) is 0 Å². The molecule has 3 rings (SSSR count). The molecule has 24 heavy (non-hydrogen) atoms. The number of halogens is 1. The highest BCUT2D eigenvalue weighted by molar-refractivity contribution is 6.30. The Bertz CT molecular complexity index is 748. The SMILES string of the molecule is CN1CCN(c2ncnc(Nc3cccc(Cl)c3)c2[N+](=O)[O-])CC1. The smallest absolute Gasteiger partial charge is 0.348 e. The van der Waals surface area contributed by atoms with Crippen LogP contribution in [0.25, 0.3) is 0 Å². The van der Waals surface area contributed by atoms with Crippen LogP contribution in [0.3, 0.4) is 0 Å². The van der Waals surface area contributed by atoms with E-state index in [-0.39, 0.29) is 11.5 Å². The Labute approximate surface area is 144 Å². The molecule has 2 aromatic rings. The monoisotopic (exact) mass is 348 g/mol. The van der Waals surface area contributed by atoms with Gasteiger partial charge in [0.25, 0.3) is 0 Å². The van der Waals surface area contributed by atoms with Crippen molar-refractivity contribution in [2.75, 3.05) is 43.4 Å². The van der Waals surface area contributed by atoms with Gasteiger partial charge < -0.3 is 15.1 Å². The fourth-order valence-electron chi connectivity index (χ4n) is 2.58. The van der Waals surface area contributed by atoms with E-state index in [9.17, 15) is 10.1 Å². The van der Waals surface area contributed by atoms with Crippen molar-refractivity contribution in [1.29, 1.82) is 0 Å². The minimum atomic E-state index is -0.444. The normalized spacial score (nSPS) is 15.3. The molecule has 0 amide bonds. The molecule has 1 aliphatic rings. The molecule has 126 valence electrons. The van der Waals surface area contributed by atoms with Crippen LogP contribution in [0.15, 0.2) is 30.6 Å². The van der Waals surface area contributed by atoms with E-state index in [4.69, 9.17) is 11.6 Å². The lowest BCUT2D eigenvalue weighted by Crippen LogP contribution is -2.45. The second-order valence-corrected chi connectivity index (χ2v) is 6.01. The molecule has 1 N–H and O–H groups in total. The van der Waals surface area contributed by atoms with Crippen LogP contribution in [0.4, 0.5) is 23.0 Å². The van der Waals surface area contributed by atoms with Gasteiger partial charge in [-0.15, -0.1) is 0 Å². The number of benzene rings is 1. The lowest BCUT2D eigenvalue weighted by atomic mass is 10.3. The van der Waals surface area contributed by atoms with Crippen molar-refractivity contribution in [3.63, 3.8) is 0 Å². The molecule has 1 fully saturated rings. The van der Waals surface area contributed by atoms with E-state index in [0.29, 0.717) is 29.6 Å². The molecule has 9 heteroatoms. The third-order valence-electron chi connectivity index (χ3n) is 3.88. The lowest BCUT2D eigenvalue weighted by Gasteiger charge is -2.32. The summed E-state index contributed by atoms with van der Waals surface area (Å²) in [6, 6.07) is 6.95. The first-order valence-corrected chi connectivity index (χ1v) is 7.88. The molecule has 0 radical (unpaired) electrons. The first-order valence-electron chi connectivity index (χ1n) is 7.50. The molecule has 0 aliphatic carbocycles. The Morgan fingerprint density at radius 2 is 2.00 bits per heavy atom. The van der Waals surface area contributed by atoms with E-state index >= 15 is 0 Å². The minimum Gasteiger partial charge on any atom is -0.348 e. The Balaban J connectivity index is 1.95. The number of hydrogen-bond acceptors (Lipinski definition) is 7. The van der Waals surface area contributed by atoms with E-state index in [0.717, 1.165) is 13.1 Å². The number of nitro groups is 1. The summed E-state index contributed by atoms with van der Waals surface area (Å²) in [6.45, 7) is 3.03. The largest absolute Gasteiger partial charge is 0.353 e. The van der Waals surface area contributed by atoms with Crippen molar-refractivity contribution in [2.24, 2.45) is 0 Å². The number of piperazine rings is 1. The van der Waals surface area contributed by atoms with Gasteiger partial charge in [-0.25, -0.2) is 9.97 Å². The van der Waals surface area contributed by atoms with Gasteiger partial charge >= 0.3 is 5.69 Å². The number of nitrogens with zero attached hydrogens (tertiary/aromatic N) is 5. The molecular weight excluding hydrogens is 332 g/mol. The number of likely N-dealkylation sites (N-methyl/N-ethyl adjacent to an activating group) is 1. The number of hydrogen-bond donors (Lipinski definition) is 1. The number of rotatable bonds is 4. The summed E-state index contributed by atoms with van der Waals surface area (Å²) in [4.78, 5) is 23.5. The van der Waals surface area contributed by atoms with Crippen molar-refractivity contribution in [3.8, 4) is 0 Å². The van der Waals surface area contributed by atoms with Gasteiger partial charge in [0.05, 0.1) is 4.92 Å². The maximum atomic E-state index is 11.6. The van der Waals surface area contributed by atoms with Gasteiger partial charge in [0.15, 0.2) is 0 Å². The average molecular weight is 349 g/mol. The van der Waals surface area contributed by atoms with Crippen molar-refractivity contribution >= 4 is 34.6 Å². The second-order valence-electron chi connectivity index (χ2n) is 5.58. The number of nitrogens with one attached hydrogen (secondary N) is 1. The first kappa shape index (κ1) is 16.4.